The third-order valence-corrected chi connectivity index (χ3v) is 3.94. The number of nitro groups is 1. The Bertz CT molecular complexity index is 871. The van der Waals surface area contributed by atoms with Crippen LogP contribution in [-0.2, 0) is 9.59 Å². The molecule has 26 heavy (non-hydrogen) atoms. The van der Waals surface area contributed by atoms with Gasteiger partial charge in [-0.05, 0) is 46.3 Å². The van der Waals surface area contributed by atoms with Gasteiger partial charge in [-0.3, -0.25) is 19.7 Å². The number of hydrazone groups is 1. The first-order valence-corrected chi connectivity index (χ1v) is 8.33. The fourth-order valence-electron chi connectivity index (χ4n) is 1.85. The molecule has 0 atom stereocenters. The normalized spacial score (nSPS) is 10.5. The zero-order valence-electron chi connectivity index (χ0n) is 13.1. The Labute approximate surface area is 161 Å². The molecule has 0 aliphatic rings. The highest BCUT2D eigenvalue weighted by Gasteiger charge is 2.12. The van der Waals surface area contributed by atoms with Crippen LogP contribution in [0.4, 0.5) is 11.4 Å². The molecule has 2 rings (SSSR count). The first-order chi connectivity index (χ1) is 12.3. The van der Waals surface area contributed by atoms with Gasteiger partial charge >= 0.3 is 0 Å². The molecule has 0 aliphatic carbocycles. The fourth-order valence-corrected chi connectivity index (χ4v) is 2.37. The number of nitrogens with one attached hydrogen (secondary N) is 2. The zero-order chi connectivity index (χ0) is 19.1. The van der Waals surface area contributed by atoms with Gasteiger partial charge in [0.2, 0.25) is 11.8 Å². The van der Waals surface area contributed by atoms with Crippen molar-refractivity contribution in [2.45, 2.75) is 6.42 Å². The summed E-state index contributed by atoms with van der Waals surface area (Å²) in [7, 11) is 0. The van der Waals surface area contributed by atoms with Crippen molar-refractivity contribution in [3.8, 4) is 0 Å². The van der Waals surface area contributed by atoms with E-state index in [0.29, 0.717) is 20.7 Å². The first-order valence-electron chi connectivity index (χ1n) is 7.16. The molecule has 134 valence electrons. The van der Waals surface area contributed by atoms with E-state index in [0.717, 1.165) is 0 Å². The smallest absolute Gasteiger partial charge is 0.284 e. The number of nitrogens with zero attached hydrogens (tertiary/aromatic N) is 2. The number of hydrogen-bond donors (Lipinski definition) is 2. The molecule has 0 fully saturated rings. The molecule has 0 bridgehead atoms. The Hall–Kier alpha value is -2.78. The van der Waals surface area contributed by atoms with Crippen LogP contribution in [0.15, 0.2) is 52.0 Å². The lowest BCUT2D eigenvalue weighted by atomic mass is 10.2. The van der Waals surface area contributed by atoms with Gasteiger partial charge in [-0.2, -0.15) is 5.10 Å². The number of carbonyl (C=O) groups is 2. The van der Waals surface area contributed by atoms with Crippen LogP contribution in [0, 0.1) is 10.1 Å². The van der Waals surface area contributed by atoms with E-state index in [4.69, 9.17) is 11.6 Å². The lowest BCUT2D eigenvalue weighted by Crippen LogP contribution is -2.24. The van der Waals surface area contributed by atoms with Gasteiger partial charge in [-0.15, -0.1) is 0 Å². The molecular weight excluding hydrogens is 428 g/mol. The lowest BCUT2D eigenvalue weighted by molar-refractivity contribution is -0.385. The summed E-state index contributed by atoms with van der Waals surface area (Å²) in [6.07, 6.45) is 0.814. The molecule has 0 radical (unpaired) electrons. The number of halogens is 2. The van der Waals surface area contributed by atoms with Crippen molar-refractivity contribution in [2.24, 2.45) is 5.10 Å². The summed E-state index contributed by atoms with van der Waals surface area (Å²) in [6.45, 7) is 0. The molecule has 0 aliphatic heterocycles. The second-order valence-corrected chi connectivity index (χ2v) is 6.28. The predicted octanol–water partition coefficient (Wildman–Crippen LogP) is 3.49. The summed E-state index contributed by atoms with van der Waals surface area (Å²) >= 11 is 8.82. The highest BCUT2D eigenvalue weighted by molar-refractivity contribution is 9.10. The number of nitro benzene ring substituents is 1. The quantitative estimate of drug-likeness (QED) is 0.310. The van der Waals surface area contributed by atoms with Crippen molar-refractivity contribution >= 4 is 56.9 Å². The first kappa shape index (κ1) is 19.5. The minimum atomic E-state index is -0.626. The maximum atomic E-state index is 11.8. The van der Waals surface area contributed by atoms with Gasteiger partial charge < -0.3 is 5.32 Å². The Morgan fingerprint density at radius 3 is 2.54 bits per heavy atom. The fraction of sp³-hybridized carbons (Fsp3) is 0.0625. The molecule has 0 spiro atoms. The molecule has 0 aromatic heterocycles. The van der Waals surface area contributed by atoms with Crippen LogP contribution in [0.5, 0.6) is 0 Å². The molecule has 0 unspecified atom stereocenters. The van der Waals surface area contributed by atoms with Gasteiger partial charge in [-0.1, -0.05) is 17.7 Å². The molecule has 2 amide bonds. The van der Waals surface area contributed by atoms with Crippen LogP contribution in [-0.4, -0.2) is 23.0 Å². The average molecular weight is 440 g/mol. The van der Waals surface area contributed by atoms with E-state index in [9.17, 15) is 19.7 Å². The number of benzene rings is 2. The Balaban J connectivity index is 1.87. The highest BCUT2D eigenvalue weighted by atomic mass is 79.9. The molecular formula is C16H12BrClN4O4. The van der Waals surface area contributed by atoms with Crippen LogP contribution >= 0.6 is 27.5 Å². The van der Waals surface area contributed by atoms with Gasteiger partial charge in [-0.25, -0.2) is 5.43 Å². The second-order valence-electron chi connectivity index (χ2n) is 4.99. The maximum absolute atomic E-state index is 11.8. The molecule has 2 aromatic rings. The molecule has 8 nitrogen and oxygen atoms in total. The monoisotopic (exact) mass is 438 g/mol. The lowest BCUT2D eigenvalue weighted by Gasteiger charge is -2.04. The molecule has 0 saturated carbocycles. The Kier molecular flexibility index (Phi) is 6.81. The molecule has 2 aromatic carbocycles. The molecule has 10 heteroatoms. The van der Waals surface area contributed by atoms with Crippen LogP contribution in [0.1, 0.15) is 12.0 Å². The standard InChI is InChI=1S/C16H12BrClN4O4/c17-13-6-1-10(7-14(13)22(25)26)9-19-21-16(24)8-15(23)20-12-4-2-11(18)3-5-12/h1-7,9H,8H2,(H,20,23)(H,21,24). The van der Waals surface area contributed by atoms with Gasteiger partial charge in [0.1, 0.15) is 6.42 Å². The van der Waals surface area contributed by atoms with E-state index in [1.807, 2.05) is 0 Å². The van der Waals surface area contributed by atoms with Crippen molar-refractivity contribution in [2.75, 3.05) is 5.32 Å². The minimum Gasteiger partial charge on any atom is -0.326 e. The SMILES string of the molecule is O=C(CC(=O)Nc1ccc(Cl)cc1)NN=Cc1ccc(Br)c([N+](=O)[O-])c1. The van der Waals surface area contributed by atoms with Gasteiger partial charge in [0, 0.05) is 22.3 Å². The number of amides is 2. The third-order valence-electron chi connectivity index (χ3n) is 3.02. The maximum Gasteiger partial charge on any atom is 0.284 e. The average Bonchev–Trinajstić information content (AvgIpc) is 2.58. The molecule has 0 saturated heterocycles. The van der Waals surface area contributed by atoms with Gasteiger partial charge in [0.25, 0.3) is 5.69 Å². The van der Waals surface area contributed by atoms with E-state index in [1.54, 1.807) is 30.3 Å². The summed E-state index contributed by atoms with van der Waals surface area (Å²) in [6, 6.07) is 10.8. The summed E-state index contributed by atoms with van der Waals surface area (Å²) in [5, 5.41) is 17.6. The van der Waals surface area contributed by atoms with Crippen molar-refractivity contribution in [3.63, 3.8) is 0 Å². The van der Waals surface area contributed by atoms with Gasteiger partial charge in [0.15, 0.2) is 0 Å². The van der Waals surface area contributed by atoms with Crippen molar-refractivity contribution in [1.82, 2.24) is 5.43 Å². The summed E-state index contributed by atoms with van der Waals surface area (Å²) in [5.41, 5.74) is 3.00. The van der Waals surface area contributed by atoms with Crippen LogP contribution in [0.2, 0.25) is 5.02 Å². The summed E-state index contributed by atoms with van der Waals surface area (Å²) < 4.78 is 0.336. The van der Waals surface area contributed by atoms with Crippen molar-refractivity contribution in [1.29, 1.82) is 0 Å². The van der Waals surface area contributed by atoms with Crippen LogP contribution in [0.25, 0.3) is 0 Å². The minimum absolute atomic E-state index is 0.123. The number of anilines is 1. The number of hydrogen-bond acceptors (Lipinski definition) is 5. The molecule has 2 N–H and O–H groups in total. The van der Waals surface area contributed by atoms with E-state index in [1.165, 1.54) is 18.3 Å². The molecule has 0 heterocycles. The predicted molar refractivity (Wildman–Crippen MR) is 101 cm³/mol. The van der Waals surface area contributed by atoms with E-state index < -0.39 is 23.2 Å². The summed E-state index contributed by atoms with van der Waals surface area (Å²) in [5.74, 6) is -1.14. The van der Waals surface area contributed by atoms with Crippen LogP contribution < -0.4 is 10.7 Å². The Morgan fingerprint density at radius 1 is 1.19 bits per heavy atom. The largest absolute Gasteiger partial charge is 0.326 e. The topological polar surface area (TPSA) is 114 Å². The third kappa shape index (κ3) is 5.94. The zero-order valence-corrected chi connectivity index (χ0v) is 15.5. The van der Waals surface area contributed by atoms with Crippen molar-refractivity contribution in [3.05, 3.63) is 67.6 Å². The van der Waals surface area contributed by atoms with E-state index in [2.05, 4.69) is 31.8 Å². The van der Waals surface area contributed by atoms with Crippen molar-refractivity contribution < 1.29 is 14.5 Å². The van der Waals surface area contributed by atoms with Crippen LogP contribution in [0.3, 0.4) is 0 Å². The number of carbonyl (C=O) groups excluding carboxylic acids is 2. The second kappa shape index (κ2) is 9.07. The Morgan fingerprint density at radius 2 is 1.88 bits per heavy atom. The van der Waals surface area contributed by atoms with E-state index in [-0.39, 0.29) is 5.69 Å². The number of rotatable bonds is 6. The van der Waals surface area contributed by atoms with E-state index >= 15 is 0 Å². The summed E-state index contributed by atoms with van der Waals surface area (Å²) in [4.78, 5) is 33.8. The highest BCUT2D eigenvalue weighted by Crippen LogP contribution is 2.24. The van der Waals surface area contributed by atoms with Gasteiger partial charge in [0.05, 0.1) is 15.6 Å².